The van der Waals surface area contributed by atoms with E-state index in [1.165, 1.54) is 10.5 Å². The van der Waals surface area contributed by atoms with Gasteiger partial charge in [-0.25, -0.2) is 4.79 Å². The molecule has 0 bridgehead atoms. The van der Waals surface area contributed by atoms with E-state index in [-0.39, 0.29) is 12.5 Å². The van der Waals surface area contributed by atoms with Crippen LogP contribution in [0.3, 0.4) is 0 Å². The first kappa shape index (κ1) is 20.6. The smallest absolute Gasteiger partial charge is 0.336 e. The molecule has 5 nitrogen and oxygen atoms in total. The number of amides is 1. The molecule has 1 unspecified atom stereocenters. The highest BCUT2D eigenvalue weighted by atomic mass is 16.5. The molecule has 1 amide bonds. The Hall–Kier alpha value is -3.08. The van der Waals surface area contributed by atoms with Crippen LogP contribution in [0.2, 0.25) is 0 Å². The van der Waals surface area contributed by atoms with Crippen molar-refractivity contribution in [1.82, 2.24) is 0 Å². The minimum absolute atomic E-state index is 0.247. The predicted octanol–water partition coefficient (Wildman–Crippen LogP) is 4.58. The number of nitrogens with one attached hydrogen (secondary N) is 1. The maximum absolute atomic E-state index is 13.4. The van der Waals surface area contributed by atoms with E-state index >= 15 is 0 Å². The summed E-state index contributed by atoms with van der Waals surface area (Å²) in [6.07, 6.45) is 1.66. The molecule has 3 rings (SSSR count). The Morgan fingerprint density at radius 1 is 1.00 bits per heavy atom. The van der Waals surface area contributed by atoms with Crippen LogP contribution < -0.4 is 10.2 Å². The molecule has 0 fully saturated rings. The fourth-order valence-electron chi connectivity index (χ4n) is 3.48. The first-order chi connectivity index (χ1) is 13.7. The molecule has 2 aromatic rings. The third kappa shape index (κ3) is 3.77. The second-order valence-electron chi connectivity index (χ2n) is 7.76. The molecule has 152 valence electrons. The molecule has 1 atom stereocenters. The van der Waals surface area contributed by atoms with Crippen LogP contribution in [0, 0.1) is 27.7 Å². The summed E-state index contributed by atoms with van der Waals surface area (Å²) in [4.78, 5) is 27.7. The van der Waals surface area contributed by atoms with E-state index in [0.717, 1.165) is 22.4 Å². The SMILES string of the molecule is CCOC(=O)C1(C)C=C(Nc2ccc(C)c(C)c2)C(=O)N1c1ccc(C)c(C)c1. The molecular weight excluding hydrogens is 364 g/mol. The molecule has 0 saturated heterocycles. The van der Waals surface area contributed by atoms with Gasteiger partial charge >= 0.3 is 5.97 Å². The molecule has 0 aromatic heterocycles. The molecule has 5 heteroatoms. The van der Waals surface area contributed by atoms with Crippen molar-refractivity contribution in [3.8, 4) is 0 Å². The van der Waals surface area contributed by atoms with E-state index < -0.39 is 11.5 Å². The largest absolute Gasteiger partial charge is 0.464 e. The third-order valence-corrected chi connectivity index (χ3v) is 5.55. The minimum atomic E-state index is -1.23. The third-order valence-electron chi connectivity index (χ3n) is 5.55. The van der Waals surface area contributed by atoms with Gasteiger partial charge in [0, 0.05) is 11.4 Å². The Balaban J connectivity index is 2.04. The summed E-state index contributed by atoms with van der Waals surface area (Å²) in [5.74, 6) is -0.717. The van der Waals surface area contributed by atoms with Gasteiger partial charge in [-0.1, -0.05) is 12.1 Å². The average molecular weight is 392 g/mol. The summed E-state index contributed by atoms with van der Waals surface area (Å²) in [6.45, 7) is 11.8. The van der Waals surface area contributed by atoms with Crippen LogP contribution in [0.25, 0.3) is 0 Å². The van der Waals surface area contributed by atoms with Crippen LogP contribution in [-0.2, 0) is 14.3 Å². The van der Waals surface area contributed by atoms with Gasteiger partial charge in [0.1, 0.15) is 5.70 Å². The van der Waals surface area contributed by atoms with Crippen LogP contribution in [0.5, 0.6) is 0 Å². The summed E-state index contributed by atoms with van der Waals surface area (Å²) < 4.78 is 5.31. The second kappa shape index (κ2) is 7.74. The summed E-state index contributed by atoms with van der Waals surface area (Å²) >= 11 is 0. The fraction of sp³-hybridized carbons (Fsp3) is 0.333. The lowest BCUT2D eigenvalue weighted by Crippen LogP contribution is -2.51. The van der Waals surface area contributed by atoms with E-state index in [9.17, 15) is 9.59 Å². The zero-order valence-corrected chi connectivity index (χ0v) is 17.9. The number of carbonyl (C=O) groups is 2. The predicted molar refractivity (Wildman–Crippen MR) is 116 cm³/mol. The molecule has 1 aliphatic heterocycles. The highest BCUT2D eigenvalue weighted by Crippen LogP contribution is 2.36. The maximum Gasteiger partial charge on any atom is 0.336 e. The quantitative estimate of drug-likeness (QED) is 0.757. The number of aryl methyl sites for hydroxylation is 4. The molecule has 0 spiro atoms. The average Bonchev–Trinajstić information content (AvgIpc) is 2.92. The van der Waals surface area contributed by atoms with Crippen molar-refractivity contribution in [3.63, 3.8) is 0 Å². The van der Waals surface area contributed by atoms with Crippen molar-refractivity contribution < 1.29 is 14.3 Å². The minimum Gasteiger partial charge on any atom is -0.464 e. The molecule has 0 saturated carbocycles. The first-order valence-electron chi connectivity index (χ1n) is 9.83. The summed E-state index contributed by atoms with van der Waals surface area (Å²) in [5.41, 5.74) is 5.09. The second-order valence-corrected chi connectivity index (χ2v) is 7.76. The number of rotatable bonds is 5. The summed E-state index contributed by atoms with van der Waals surface area (Å²) in [7, 11) is 0. The number of esters is 1. The Morgan fingerprint density at radius 3 is 2.21 bits per heavy atom. The van der Waals surface area contributed by atoms with Crippen LogP contribution in [0.15, 0.2) is 48.2 Å². The van der Waals surface area contributed by atoms with Gasteiger partial charge in [0.25, 0.3) is 5.91 Å². The van der Waals surface area contributed by atoms with Crippen LogP contribution in [-0.4, -0.2) is 24.0 Å². The highest BCUT2D eigenvalue weighted by molar-refractivity contribution is 6.16. The van der Waals surface area contributed by atoms with Gasteiger partial charge in [-0.15, -0.1) is 0 Å². The number of ether oxygens (including phenoxy) is 1. The summed E-state index contributed by atoms with van der Waals surface area (Å²) in [5, 5.41) is 3.20. The lowest BCUT2D eigenvalue weighted by atomic mass is 10.0. The lowest BCUT2D eigenvalue weighted by molar-refractivity contribution is -0.147. The van der Waals surface area contributed by atoms with Crippen molar-refractivity contribution in [2.24, 2.45) is 0 Å². The zero-order valence-electron chi connectivity index (χ0n) is 17.9. The van der Waals surface area contributed by atoms with E-state index in [1.807, 2.05) is 64.1 Å². The van der Waals surface area contributed by atoms with Gasteiger partial charge in [-0.2, -0.15) is 0 Å². The topological polar surface area (TPSA) is 58.6 Å². The number of nitrogens with zero attached hydrogens (tertiary/aromatic N) is 1. The van der Waals surface area contributed by atoms with Crippen LogP contribution in [0.1, 0.15) is 36.1 Å². The Morgan fingerprint density at radius 2 is 1.62 bits per heavy atom. The van der Waals surface area contributed by atoms with Crippen molar-refractivity contribution in [3.05, 3.63) is 70.4 Å². The van der Waals surface area contributed by atoms with E-state index in [4.69, 9.17) is 4.74 Å². The molecule has 0 radical (unpaired) electrons. The van der Waals surface area contributed by atoms with E-state index in [2.05, 4.69) is 5.32 Å². The number of carbonyl (C=O) groups excluding carboxylic acids is 2. The molecule has 1 heterocycles. The van der Waals surface area contributed by atoms with Gasteiger partial charge in [0.15, 0.2) is 5.54 Å². The molecular formula is C24H28N2O3. The van der Waals surface area contributed by atoms with E-state index in [0.29, 0.717) is 11.4 Å². The summed E-state index contributed by atoms with van der Waals surface area (Å²) in [6, 6.07) is 11.7. The van der Waals surface area contributed by atoms with Crippen molar-refractivity contribution in [2.75, 3.05) is 16.8 Å². The van der Waals surface area contributed by atoms with Crippen molar-refractivity contribution >= 4 is 23.3 Å². The highest BCUT2D eigenvalue weighted by Gasteiger charge is 2.49. The maximum atomic E-state index is 13.4. The van der Waals surface area contributed by atoms with Crippen LogP contribution in [0.4, 0.5) is 11.4 Å². The number of benzene rings is 2. The van der Waals surface area contributed by atoms with Gasteiger partial charge in [0.05, 0.1) is 6.61 Å². The van der Waals surface area contributed by atoms with E-state index in [1.54, 1.807) is 19.9 Å². The molecule has 1 aliphatic rings. The normalized spacial score (nSPS) is 18.6. The van der Waals surface area contributed by atoms with Gasteiger partial charge in [0.2, 0.25) is 0 Å². The monoisotopic (exact) mass is 392 g/mol. The van der Waals surface area contributed by atoms with Crippen LogP contribution >= 0.6 is 0 Å². The standard InChI is InChI=1S/C24H28N2O3/c1-7-29-23(28)24(6)14-21(25-19-10-8-15(2)17(4)12-19)22(27)26(24)20-11-9-16(3)18(5)13-20/h8-14,25H,7H2,1-6H3. The molecule has 2 aromatic carbocycles. The van der Waals surface area contributed by atoms with Gasteiger partial charge < -0.3 is 10.1 Å². The van der Waals surface area contributed by atoms with Crippen molar-refractivity contribution in [2.45, 2.75) is 47.1 Å². The fourth-order valence-corrected chi connectivity index (χ4v) is 3.48. The van der Waals surface area contributed by atoms with Gasteiger partial charge in [-0.05, 0) is 94.1 Å². The molecule has 0 aliphatic carbocycles. The number of hydrogen-bond donors (Lipinski definition) is 1. The van der Waals surface area contributed by atoms with Crippen molar-refractivity contribution in [1.29, 1.82) is 0 Å². The molecule has 1 N–H and O–H groups in total. The Kier molecular flexibility index (Phi) is 5.51. The Labute approximate surface area is 172 Å². The van der Waals surface area contributed by atoms with Gasteiger partial charge in [-0.3, -0.25) is 9.69 Å². The number of hydrogen-bond acceptors (Lipinski definition) is 4. The Bertz CT molecular complexity index is 1010. The molecule has 29 heavy (non-hydrogen) atoms. The number of anilines is 2. The zero-order chi connectivity index (χ0) is 21.3. The lowest BCUT2D eigenvalue weighted by Gasteiger charge is -2.32. The first-order valence-corrected chi connectivity index (χ1v) is 9.83.